The third-order valence-corrected chi connectivity index (χ3v) is 0.371. The molecule has 0 spiro atoms. The van der Waals surface area contributed by atoms with Crippen molar-refractivity contribution < 1.29 is 0 Å². The maximum absolute atomic E-state index is 4.91. The van der Waals surface area contributed by atoms with Crippen molar-refractivity contribution in [2.75, 3.05) is 0 Å². The van der Waals surface area contributed by atoms with Crippen LogP contribution in [0.1, 0.15) is 6.92 Å². The molecule has 0 fully saturated rings. The van der Waals surface area contributed by atoms with E-state index >= 15 is 0 Å². The van der Waals surface area contributed by atoms with Crippen LogP contribution in [-0.4, -0.2) is 18.9 Å². The minimum absolute atomic E-state index is 0.741. The fraction of sp³-hybridized carbons (Fsp3) is 0.500. The van der Waals surface area contributed by atoms with E-state index in [1.165, 1.54) is 6.80 Å². The van der Waals surface area contributed by atoms with Crippen molar-refractivity contribution in [1.82, 2.24) is 0 Å². The molecule has 0 rings (SSSR count). The van der Waals surface area contributed by atoms with E-state index in [1.807, 2.05) is 0 Å². The molecule has 0 saturated heterocycles. The van der Waals surface area contributed by atoms with Gasteiger partial charge in [0.05, 0.1) is 0 Å². The van der Waals surface area contributed by atoms with E-state index in [0.717, 1.165) is 4.76 Å². The van der Waals surface area contributed by atoms with Crippen LogP contribution in [-0.2, 0) is 0 Å². The van der Waals surface area contributed by atoms with Gasteiger partial charge in [-0.15, -0.1) is 0 Å². The summed E-state index contributed by atoms with van der Waals surface area (Å²) in [5.74, 6) is 0. The molecule has 0 nitrogen and oxygen atoms in total. The second-order valence-corrected chi connectivity index (χ2v) is 1.42. The van der Waals surface area contributed by atoms with Gasteiger partial charge in [-0.1, -0.05) is 0 Å². The molecule has 0 unspecified atom stereocenters. The van der Waals surface area contributed by atoms with Gasteiger partial charge in [0.2, 0.25) is 0 Å². The van der Waals surface area contributed by atoms with E-state index in [4.69, 9.17) is 7.37 Å². The molecule has 23 valence electrons. The van der Waals surface area contributed by atoms with Gasteiger partial charge in [0.1, 0.15) is 0 Å². The molecule has 0 saturated carbocycles. The van der Waals surface area contributed by atoms with Crippen LogP contribution in [0.4, 0.5) is 0 Å². The number of thiocarbonyl (C=S) groups is 1. The van der Waals surface area contributed by atoms with Crippen LogP contribution in [0.25, 0.3) is 0 Å². The van der Waals surface area contributed by atoms with Crippen molar-refractivity contribution in [2.24, 2.45) is 0 Å². The molecule has 0 bridgehead atoms. The van der Waals surface area contributed by atoms with Crippen molar-refractivity contribution in [3.05, 3.63) is 0 Å². The zero-order chi connectivity index (χ0) is 4.28. The van der Waals surface area contributed by atoms with Gasteiger partial charge in [-0.3, -0.25) is 0 Å². The topological polar surface area (TPSA) is 0 Å². The molecular weight excluding hydrogens is 77.7 g/mol. The molecule has 0 aliphatic carbocycles. The average Bonchev–Trinajstić information content (AvgIpc) is 1.38. The number of hydrogen-bond acceptors (Lipinski definition) is 1. The van der Waals surface area contributed by atoms with Gasteiger partial charge in [0, 0.05) is 0 Å². The first kappa shape index (κ1) is 5.22. The maximum atomic E-state index is 4.91. The molecule has 0 amide bonds. The first-order valence-corrected chi connectivity index (χ1v) is 1.73. The Balaban J connectivity index is 3.20. The fourth-order valence-electron chi connectivity index (χ4n) is 0. The molecule has 5 heavy (non-hydrogen) atoms. The van der Waals surface area contributed by atoms with Crippen molar-refractivity contribution in [1.29, 1.82) is 0 Å². The van der Waals surface area contributed by atoms with Gasteiger partial charge < -0.3 is 0 Å². The van der Waals surface area contributed by atoms with E-state index < -0.39 is 0 Å². The number of hydrogen-bond donors (Lipinski definition) is 0. The fourth-order valence-corrected chi connectivity index (χ4v) is 0. The van der Waals surface area contributed by atoms with Crippen molar-refractivity contribution >= 4 is 31.2 Å². The summed E-state index contributed by atoms with van der Waals surface area (Å²) in [6.45, 7) is 3.17. The van der Waals surface area contributed by atoms with Crippen LogP contribution < -0.4 is 0 Å². The van der Waals surface area contributed by atoms with Gasteiger partial charge in [-0.05, 0) is 0 Å². The van der Waals surface area contributed by atoms with Crippen LogP contribution in [0.5, 0.6) is 0 Å². The Bertz CT molecular complexity index is 58.7. The summed E-state index contributed by atoms with van der Waals surface area (Å²) in [5.41, 5.74) is 0. The summed E-state index contributed by atoms with van der Waals surface area (Å²) in [6, 6.07) is 0. The zero-order valence-electron chi connectivity index (χ0n) is 3.06. The van der Waals surface area contributed by atoms with Gasteiger partial charge >= 0.3 is 38.1 Å². The van der Waals surface area contributed by atoms with Crippen molar-refractivity contribution in [2.45, 2.75) is 6.92 Å². The van der Waals surface area contributed by atoms with Crippen molar-refractivity contribution in [3.63, 3.8) is 0 Å². The Hall–Kier alpha value is 0.220. The molecule has 0 aromatic heterocycles. The first-order valence-electron chi connectivity index (χ1n) is 1.33. The predicted molar refractivity (Wildman–Crippen MR) is 29.8 cm³/mol. The van der Waals surface area contributed by atoms with Crippen LogP contribution in [0.2, 0.25) is 0 Å². The van der Waals surface area contributed by atoms with Gasteiger partial charge in [-0.25, -0.2) is 0 Å². The summed E-state index contributed by atoms with van der Waals surface area (Å²) in [7, 11) is 4.91. The molecule has 0 atom stereocenters. The van der Waals surface area contributed by atoms with E-state index in [9.17, 15) is 0 Å². The molecule has 0 aliphatic heterocycles. The standard InChI is InChI=1S/C2H3B2S/c1-2(5)4-3/h1H3. The van der Waals surface area contributed by atoms with Crippen LogP contribution >= 0.6 is 12.2 Å². The second kappa shape index (κ2) is 2.46. The van der Waals surface area contributed by atoms with Crippen molar-refractivity contribution in [3.8, 4) is 0 Å². The minimum atomic E-state index is 0.741. The van der Waals surface area contributed by atoms with E-state index in [2.05, 4.69) is 12.2 Å². The first-order chi connectivity index (χ1) is 2.27. The molecule has 0 aromatic carbocycles. The third kappa shape index (κ3) is 4.22. The van der Waals surface area contributed by atoms with E-state index in [-0.39, 0.29) is 0 Å². The Labute approximate surface area is 38.8 Å². The molecule has 3 heteroatoms. The van der Waals surface area contributed by atoms with Gasteiger partial charge in [0.25, 0.3) is 0 Å². The molecular formula is C2H3B2S. The van der Waals surface area contributed by atoms with E-state index in [0.29, 0.717) is 0 Å². The Morgan fingerprint density at radius 2 is 2.20 bits per heavy atom. The third-order valence-electron chi connectivity index (χ3n) is 0.235. The summed E-state index contributed by atoms with van der Waals surface area (Å²) in [4.78, 5) is 0. The van der Waals surface area contributed by atoms with Gasteiger partial charge in [0.15, 0.2) is 0 Å². The molecule has 0 N–H and O–H groups in total. The molecule has 0 aromatic rings. The number of rotatable bonds is 1. The predicted octanol–water partition coefficient (Wildman–Crippen LogP) is 0.121. The molecule has 0 heterocycles. The summed E-state index contributed by atoms with van der Waals surface area (Å²) < 4.78 is 0.741. The van der Waals surface area contributed by atoms with E-state index in [1.54, 1.807) is 6.92 Å². The Morgan fingerprint density at radius 1 is 2.00 bits per heavy atom. The monoisotopic (exact) mass is 81.0 g/mol. The average molecular weight is 80.7 g/mol. The Kier molecular flexibility index (Phi) is 2.56. The summed E-state index contributed by atoms with van der Waals surface area (Å²) >= 11 is 4.52. The van der Waals surface area contributed by atoms with Crippen LogP contribution in [0.3, 0.4) is 0 Å². The molecule has 0 aliphatic rings. The van der Waals surface area contributed by atoms with Gasteiger partial charge in [-0.2, -0.15) is 0 Å². The van der Waals surface area contributed by atoms with Crippen LogP contribution in [0, 0.1) is 0 Å². The van der Waals surface area contributed by atoms with Crippen LogP contribution in [0.15, 0.2) is 0 Å². The quantitative estimate of drug-likeness (QED) is 0.319. The summed E-state index contributed by atoms with van der Waals surface area (Å²) in [6.07, 6.45) is 0. The second-order valence-electron chi connectivity index (χ2n) is 0.777. The molecule has 1 radical (unpaired) electrons. The summed E-state index contributed by atoms with van der Waals surface area (Å²) in [5, 5.41) is 0. The Morgan fingerprint density at radius 3 is 2.20 bits per heavy atom. The normalized spacial score (nSPS) is 5.60. The zero-order valence-corrected chi connectivity index (χ0v) is 3.88. The SMILES string of the molecule is [B]=BC(C)=S.